The molecular weight excluding hydrogens is 302 g/mol. The average Bonchev–Trinajstić information content (AvgIpc) is 2.99. The Bertz CT molecular complexity index is 750. The van der Waals surface area contributed by atoms with Gasteiger partial charge in [0.1, 0.15) is 6.33 Å². The van der Waals surface area contributed by atoms with Crippen molar-refractivity contribution in [3.05, 3.63) is 40.2 Å². The van der Waals surface area contributed by atoms with Crippen LogP contribution in [0.1, 0.15) is 5.56 Å². The first-order valence-electron chi connectivity index (χ1n) is 6.85. The van der Waals surface area contributed by atoms with E-state index in [9.17, 15) is 10.1 Å². The molecule has 1 aliphatic heterocycles. The molecule has 9 nitrogen and oxygen atoms in total. The number of hydrogen-bond donors (Lipinski definition) is 1. The molecule has 23 heavy (non-hydrogen) atoms. The van der Waals surface area contributed by atoms with Crippen LogP contribution < -0.4 is 19.7 Å². The van der Waals surface area contributed by atoms with Crippen LogP contribution in [0.5, 0.6) is 11.5 Å². The summed E-state index contributed by atoms with van der Waals surface area (Å²) in [7, 11) is 3.38. The third-order valence-electron chi connectivity index (χ3n) is 3.31. The molecule has 0 atom stereocenters. The fraction of sp³-hybridized carbons (Fsp3) is 0.286. The van der Waals surface area contributed by atoms with Crippen molar-refractivity contribution >= 4 is 17.3 Å². The topological polar surface area (TPSA) is 103 Å². The molecule has 0 spiro atoms. The highest BCUT2D eigenvalue weighted by Crippen LogP contribution is 2.34. The lowest BCUT2D eigenvalue weighted by Gasteiger charge is -2.13. The van der Waals surface area contributed by atoms with Gasteiger partial charge in [0.05, 0.1) is 4.92 Å². The molecule has 3 rings (SSSR count). The maximum Gasteiger partial charge on any atom is 0.353 e. The third-order valence-corrected chi connectivity index (χ3v) is 3.31. The Balaban J connectivity index is 1.83. The minimum atomic E-state index is -0.489. The van der Waals surface area contributed by atoms with Gasteiger partial charge in [-0.05, 0) is 17.7 Å². The fourth-order valence-corrected chi connectivity index (χ4v) is 2.23. The van der Waals surface area contributed by atoms with E-state index in [0.29, 0.717) is 18.0 Å². The van der Waals surface area contributed by atoms with E-state index in [1.165, 1.54) is 6.33 Å². The quantitative estimate of drug-likeness (QED) is 0.657. The number of anilines is 2. The van der Waals surface area contributed by atoms with Gasteiger partial charge < -0.3 is 19.7 Å². The van der Waals surface area contributed by atoms with Crippen LogP contribution in [-0.2, 0) is 6.54 Å². The van der Waals surface area contributed by atoms with Crippen LogP contribution >= 0.6 is 0 Å². The summed E-state index contributed by atoms with van der Waals surface area (Å²) in [5, 5.41) is 14.3. The molecule has 0 unspecified atom stereocenters. The Hall–Kier alpha value is -3.10. The van der Waals surface area contributed by atoms with Crippen LogP contribution in [0.2, 0.25) is 0 Å². The van der Waals surface area contributed by atoms with E-state index in [2.05, 4.69) is 15.3 Å². The average molecular weight is 317 g/mol. The predicted octanol–water partition coefficient (Wildman–Crippen LogP) is 1.79. The van der Waals surface area contributed by atoms with Crippen molar-refractivity contribution in [3.63, 3.8) is 0 Å². The second kappa shape index (κ2) is 5.95. The molecule has 1 aliphatic rings. The third kappa shape index (κ3) is 2.93. The number of rotatable bonds is 5. The number of aromatic nitrogens is 2. The predicted molar refractivity (Wildman–Crippen MR) is 82.9 cm³/mol. The van der Waals surface area contributed by atoms with Gasteiger partial charge >= 0.3 is 5.69 Å². The van der Waals surface area contributed by atoms with E-state index >= 15 is 0 Å². The molecule has 0 radical (unpaired) electrons. The Labute approximate surface area is 132 Å². The van der Waals surface area contributed by atoms with E-state index in [-0.39, 0.29) is 24.1 Å². The molecular formula is C14H15N5O4. The SMILES string of the molecule is CN(C)c1ncnc(NCc2ccc3c(c2)OCO3)c1[N+](=O)[O-]. The van der Waals surface area contributed by atoms with Gasteiger partial charge in [-0.15, -0.1) is 0 Å². The maximum atomic E-state index is 11.3. The summed E-state index contributed by atoms with van der Waals surface area (Å²) in [5.74, 6) is 1.77. The molecule has 0 fully saturated rings. The number of nitro groups is 1. The van der Waals surface area contributed by atoms with Crippen molar-refractivity contribution in [3.8, 4) is 11.5 Å². The summed E-state index contributed by atoms with van der Waals surface area (Å²) in [5.41, 5.74) is 0.742. The zero-order chi connectivity index (χ0) is 16.4. The van der Waals surface area contributed by atoms with Gasteiger partial charge in [0.15, 0.2) is 11.5 Å². The summed E-state index contributed by atoms with van der Waals surface area (Å²) in [6, 6.07) is 5.49. The van der Waals surface area contributed by atoms with E-state index in [1.54, 1.807) is 25.1 Å². The molecule has 0 saturated heterocycles. The van der Waals surface area contributed by atoms with Crippen LogP contribution in [0.25, 0.3) is 0 Å². The zero-order valence-corrected chi connectivity index (χ0v) is 12.6. The molecule has 2 heterocycles. The van der Waals surface area contributed by atoms with Gasteiger partial charge in [-0.2, -0.15) is 0 Å². The van der Waals surface area contributed by atoms with Crippen molar-refractivity contribution in [2.45, 2.75) is 6.54 Å². The second-order valence-corrected chi connectivity index (χ2v) is 5.09. The molecule has 2 aromatic rings. The highest BCUT2D eigenvalue weighted by Gasteiger charge is 2.24. The highest BCUT2D eigenvalue weighted by molar-refractivity contribution is 5.69. The summed E-state index contributed by atoms with van der Waals surface area (Å²) in [6.07, 6.45) is 1.30. The maximum absolute atomic E-state index is 11.3. The van der Waals surface area contributed by atoms with Crippen LogP contribution in [0, 0.1) is 10.1 Å². The van der Waals surface area contributed by atoms with E-state index in [1.807, 2.05) is 12.1 Å². The van der Waals surface area contributed by atoms with E-state index in [0.717, 1.165) is 5.56 Å². The van der Waals surface area contributed by atoms with E-state index in [4.69, 9.17) is 9.47 Å². The van der Waals surface area contributed by atoms with Gasteiger partial charge in [-0.3, -0.25) is 10.1 Å². The molecule has 0 saturated carbocycles. The molecule has 0 aliphatic carbocycles. The number of hydrogen-bond acceptors (Lipinski definition) is 8. The number of benzene rings is 1. The number of fused-ring (bicyclic) bond motifs is 1. The first-order chi connectivity index (χ1) is 11.1. The Morgan fingerprint density at radius 3 is 2.83 bits per heavy atom. The van der Waals surface area contributed by atoms with Gasteiger partial charge in [-0.25, -0.2) is 9.97 Å². The first-order valence-corrected chi connectivity index (χ1v) is 6.85. The van der Waals surface area contributed by atoms with Crippen molar-refractivity contribution in [1.82, 2.24) is 9.97 Å². The van der Waals surface area contributed by atoms with Gasteiger partial charge in [0.2, 0.25) is 18.4 Å². The standard InChI is InChI=1S/C14H15N5O4/c1-18(2)14-12(19(20)21)13(16-7-17-14)15-6-9-3-4-10-11(5-9)23-8-22-10/h3-5,7H,6,8H2,1-2H3,(H,15,16,17). The lowest BCUT2D eigenvalue weighted by atomic mass is 10.2. The van der Waals surface area contributed by atoms with Gasteiger partial charge in [0.25, 0.3) is 0 Å². The molecule has 1 aromatic heterocycles. The lowest BCUT2D eigenvalue weighted by molar-refractivity contribution is -0.383. The molecule has 120 valence electrons. The van der Waals surface area contributed by atoms with Gasteiger partial charge in [-0.1, -0.05) is 6.07 Å². The molecule has 9 heteroatoms. The van der Waals surface area contributed by atoms with Crippen molar-refractivity contribution in [2.75, 3.05) is 31.1 Å². The van der Waals surface area contributed by atoms with Crippen LogP contribution in [0.4, 0.5) is 17.3 Å². The number of nitrogens with zero attached hydrogens (tertiary/aromatic N) is 4. The number of nitrogens with one attached hydrogen (secondary N) is 1. The Morgan fingerprint density at radius 2 is 2.09 bits per heavy atom. The lowest BCUT2D eigenvalue weighted by Crippen LogP contribution is -2.15. The Morgan fingerprint density at radius 1 is 1.30 bits per heavy atom. The first kappa shape index (κ1) is 14.8. The molecule has 0 amide bonds. The Kier molecular flexibility index (Phi) is 3.83. The summed E-state index contributed by atoms with van der Waals surface area (Å²) in [4.78, 5) is 20.4. The summed E-state index contributed by atoms with van der Waals surface area (Å²) in [6.45, 7) is 0.567. The van der Waals surface area contributed by atoms with Crippen LogP contribution in [-0.4, -0.2) is 35.8 Å². The molecule has 0 bridgehead atoms. The van der Waals surface area contributed by atoms with Crippen molar-refractivity contribution in [2.24, 2.45) is 0 Å². The molecule has 1 N–H and O–H groups in total. The van der Waals surface area contributed by atoms with Crippen molar-refractivity contribution in [1.29, 1.82) is 0 Å². The molecule has 1 aromatic carbocycles. The summed E-state index contributed by atoms with van der Waals surface area (Å²) >= 11 is 0. The fourth-order valence-electron chi connectivity index (χ4n) is 2.23. The minimum Gasteiger partial charge on any atom is -0.454 e. The second-order valence-electron chi connectivity index (χ2n) is 5.09. The largest absolute Gasteiger partial charge is 0.454 e. The highest BCUT2D eigenvalue weighted by atomic mass is 16.7. The van der Waals surface area contributed by atoms with Crippen molar-refractivity contribution < 1.29 is 14.4 Å². The van der Waals surface area contributed by atoms with Crippen LogP contribution in [0.15, 0.2) is 24.5 Å². The number of ether oxygens (including phenoxy) is 2. The van der Waals surface area contributed by atoms with E-state index < -0.39 is 4.92 Å². The van der Waals surface area contributed by atoms with Crippen LogP contribution in [0.3, 0.4) is 0 Å². The monoisotopic (exact) mass is 317 g/mol. The normalized spacial score (nSPS) is 12.1. The minimum absolute atomic E-state index is 0.154. The van der Waals surface area contributed by atoms with Gasteiger partial charge in [0, 0.05) is 20.6 Å². The smallest absolute Gasteiger partial charge is 0.353 e. The zero-order valence-electron chi connectivity index (χ0n) is 12.6. The summed E-state index contributed by atoms with van der Waals surface area (Å²) < 4.78 is 10.6.